The van der Waals surface area contributed by atoms with Crippen LogP contribution in [0.4, 0.5) is 5.69 Å². The maximum absolute atomic E-state index is 12.6. The second kappa shape index (κ2) is 13.3. The van der Waals surface area contributed by atoms with Crippen LogP contribution in [-0.4, -0.2) is 72.4 Å². The van der Waals surface area contributed by atoms with Crippen molar-refractivity contribution < 1.29 is 19.1 Å². The highest BCUT2D eigenvalue weighted by Crippen LogP contribution is 2.13. The third kappa shape index (κ3) is 7.82. The number of anilines is 1. The number of nitrogens with zero attached hydrogens (tertiary/aromatic N) is 3. The maximum atomic E-state index is 12.6. The number of hydrogen-bond donors (Lipinski definition) is 4. The van der Waals surface area contributed by atoms with Gasteiger partial charge in [-0.15, -0.1) is 0 Å². The average molecular weight is 518 g/mol. The molecule has 1 aliphatic rings. The fourth-order valence-corrected chi connectivity index (χ4v) is 3.91. The van der Waals surface area contributed by atoms with Gasteiger partial charge in [0, 0.05) is 51.0 Å². The van der Waals surface area contributed by atoms with Crippen molar-refractivity contribution in [3.63, 3.8) is 0 Å². The van der Waals surface area contributed by atoms with Gasteiger partial charge >= 0.3 is 0 Å². The van der Waals surface area contributed by atoms with E-state index in [1.807, 2.05) is 36.4 Å². The number of hydrogen-bond acceptors (Lipinski definition) is 8. The summed E-state index contributed by atoms with van der Waals surface area (Å²) in [5.74, 6) is -0.204. The van der Waals surface area contributed by atoms with Crippen LogP contribution in [0, 0.1) is 0 Å². The van der Waals surface area contributed by atoms with Crippen LogP contribution in [0.2, 0.25) is 0 Å². The number of aromatic nitrogens is 2. The molecule has 38 heavy (non-hydrogen) atoms. The molecule has 198 valence electrons. The molecule has 3 aromatic rings. The topological polar surface area (TPSA) is 138 Å². The Bertz CT molecular complexity index is 1260. The van der Waals surface area contributed by atoms with Gasteiger partial charge in [0.25, 0.3) is 11.8 Å². The van der Waals surface area contributed by atoms with Crippen molar-refractivity contribution in [3.8, 4) is 5.75 Å². The van der Waals surface area contributed by atoms with Gasteiger partial charge in [-0.25, -0.2) is 9.97 Å². The smallest absolute Gasteiger partial charge is 0.270 e. The highest BCUT2D eigenvalue weighted by atomic mass is 16.5. The Hall–Kier alpha value is -4.35. The Balaban J connectivity index is 1.25. The van der Waals surface area contributed by atoms with Crippen LogP contribution in [0.3, 0.4) is 0 Å². The first-order chi connectivity index (χ1) is 18.5. The van der Waals surface area contributed by atoms with Gasteiger partial charge in [0.1, 0.15) is 23.5 Å². The summed E-state index contributed by atoms with van der Waals surface area (Å²) in [5, 5.41) is 11.7. The van der Waals surface area contributed by atoms with Crippen molar-refractivity contribution in [3.05, 3.63) is 83.4 Å². The molecule has 0 radical (unpaired) electrons. The van der Waals surface area contributed by atoms with Crippen molar-refractivity contribution in [2.75, 3.05) is 45.2 Å². The Morgan fingerprint density at radius 3 is 2.21 bits per heavy atom. The van der Waals surface area contributed by atoms with Crippen LogP contribution in [-0.2, 0) is 17.9 Å². The average Bonchev–Trinajstić information content (AvgIpc) is 2.96. The molecule has 1 aromatic heterocycles. The first-order valence-electron chi connectivity index (χ1n) is 12.3. The molecule has 0 bridgehead atoms. The zero-order valence-corrected chi connectivity index (χ0v) is 21.2. The Kier molecular flexibility index (Phi) is 9.32. The van der Waals surface area contributed by atoms with E-state index in [0.717, 1.165) is 37.3 Å². The number of nitrogens with one attached hydrogen (secondary N) is 4. The molecular formula is C27H31N7O4. The van der Waals surface area contributed by atoms with Crippen molar-refractivity contribution in [2.45, 2.75) is 13.1 Å². The van der Waals surface area contributed by atoms with Gasteiger partial charge in [-0.2, -0.15) is 0 Å². The number of piperazine rings is 1. The van der Waals surface area contributed by atoms with Gasteiger partial charge < -0.3 is 26.0 Å². The minimum Gasteiger partial charge on any atom is -0.497 e. The quantitative estimate of drug-likeness (QED) is 0.315. The summed E-state index contributed by atoms with van der Waals surface area (Å²) < 4.78 is 5.19. The van der Waals surface area contributed by atoms with Gasteiger partial charge in [0.05, 0.1) is 13.7 Å². The highest BCUT2D eigenvalue weighted by molar-refractivity contribution is 5.97. The zero-order valence-electron chi connectivity index (χ0n) is 21.2. The number of rotatable bonds is 10. The maximum Gasteiger partial charge on any atom is 0.270 e. The predicted octanol–water partition coefficient (Wildman–Crippen LogP) is 1.19. The predicted molar refractivity (Wildman–Crippen MR) is 142 cm³/mol. The van der Waals surface area contributed by atoms with E-state index >= 15 is 0 Å². The first kappa shape index (κ1) is 26.7. The lowest BCUT2D eigenvalue weighted by Crippen LogP contribution is -2.46. The first-order valence-corrected chi connectivity index (χ1v) is 12.3. The third-order valence-corrected chi connectivity index (χ3v) is 5.99. The molecule has 4 N–H and O–H groups in total. The Labute approximate surface area is 221 Å². The van der Waals surface area contributed by atoms with Crippen LogP contribution in [0.25, 0.3) is 0 Å². The zero-order chi connectivity index (χ0) is 26.7. The molecule has 0 atom stereocenters. The molecule has 11 heteroatoms. The van der Waals surface area contributed by atoms with Crippen LogP contribution in [0.5, 0.6) is 5.75 Å². The molecule has 1 fully saturated rings. The minimum absolute atomic E-state index is 0.0555. The minimum atomic E-state index is -0.428. The number of benzene rings is 2. The number of ether oxygens (including phenoxy) is 1. The molecule has 0 saturated carbocycles. The van der Waals surface area contributed by atoms with E-state index in [1.54, 1.807) is 19.2 Å². The molecule has 0 unspecified atom stereocenters. The molecule has 2 aromatic carbocycles. The monoisotopic (exact) mass is 517 g/mol. The van der Waals surface area contributed by atoms with Crippen LogP contribution in [0.1, 0.15) is 32.1 Å². The number of carbonyl (C=O) groups excluding carboxylic acids is 3. The Morgan fingerprint density at radius 2 is 1.55 bits per heavy atom. The van der Waals surface area contributed by atoms with Crippen LogP contribution < -0.4 is 26.0 Å². The molecule has 11 nitrogen and oxygen atoms in total. The normalized spacial score (nSPS) is 13.4. The summed E-state index contributed by atoms with van der Waals surface area (Å²) in [6, 6.07) is 16.0. The van der Waals surface area contributed by atoms with Gasteiger partial charge in [-0.05, 0) is 35.4 Å². The fourth-order valence-electron chi connectivity index (χ4n) is 3.91. The third-order valence-electron chi connectivity index (χ3n) is 5.99. The van der Waals surface area contributed by atoms with Crippen molar-refractivity contribution >= 4 is 23.4 Å². The van der Waals surface area contributed by atoms with Crippen molar-refractivity contribution in [1.82, 2.24) is 30.8 Å². The van der Waals surface area contributed by atoms with E-state index < -0.39 is 11.8 Å². The lowest BCUT2D eigenvalue weighted by atomic mass is 10.2. The molecule has 0 spiro atoms. The van der Waals surface area contributed by atoms with E-state index in [1.165, 1.54) is 12.4 Å². The summed E-state index contributed by atoms with van der Waals surface area (Å²) >= 11 is 0. The summed E-state index contributed by atoms with van der Waals surface area (Å²) in [6.45, 7) is 4.40. The van der Waals surface area contributed by atoms with Crippen molar-refractivity contribution in [1.29, 1.82) is 0 Å². The number of carbonyl (C=O) groups is 3. The summed E-state index contributed by atoms with van der Waals surface area (Å²) in [5.41, 5.74) is 2.59. The van der Waals surface area contributed by atoms with Crippen LogP contribution >= 0.6 is 0 Å². The van der Waals surface area contributed by atoms with Crippen molar-refractivity contribution in [2.24, 2.45) is 0 Å². The van der Waals surface area contributed by atoms with Gasteiger partial charge in [0.15, 0.2) is 0 Å². The molecule has 4 rings (SSSR count). The molecule has 3 amide bonds. The second-order valence-corrected chi connectivity index (χ2v) is 8.78. The van der Waals surface area contributed by atoms with Gasteiger partial charge in [-0.3, -0.25) is 19.3 Å². The summed E-state index contributed by atoms with van der Waals surface area (Å²) in [7, 11) is 1.58. The lowest BCUT2D eigenvalue weighted by Gasteiger charge is -2.26. The summed E-state index contributed by atoms with van der Waals surface area (Å²) in [4.78, 5) is 47.5. The number of amides is 3. The lowest BCUT2D eigenvalue weighted by molar-refractivity contribution is -0.117. The van der Waals surface area contributed by atoms with Gasteiger partial charge in [0.2, 0.25) is 5.91 Å². The van der Waals surface area contributed by atoms with Crippen LogP contribution in [0.15, 0.2) is 60.9 Å². The SMILES string of the molecule is COc1cccc(CNC(=O)c2cc(C(=O)NCc3ccc(NC(=O)CN4CCNCC4)cc3)ncn2)c1. The van der Waals surface area contributed by atoms with E-state index in [-0.39, 0.29) is 30.4 Å². The standard InChI is InChI=1S/C27H31N7O4/c1-38-22-4-2-3-20(13-22)16-30-27(37)24-14-23(31-18-32-24)26(36)29-15-19-5-7-21(8-6-19)33-25(35)17-34-11-9-28-10-12-34/h2-8,13-14,18,28H,9-12,15-17H2,1H3,(H,29,36)(H,30,37)(H,33,35). The van der Waals surface area contributed by atoms with Gasteiger partial charge in [-0.1, -0.05) is 24.3 Å². The molecule has 1 saturated heterocycles. The Morgan fingerprint density at radius 1 is 0.895 bits per heavy atom. The summed E-state index contributed by atoms with van der Waals surface area (Å²) in [6.07, 6.45) is 1.19. The van der Waals surface area contributed by atoms with E-state index in [2.05, 4.69) is 36.1 Å². The molecular weight excluding hydrogens is 486 g/mol. The molecule has 1 aliphatic heterocycles. The fraction of sp³-hybridized carbons (Fsp3) is 0.296. The van der Waals surface area contributed by atoms with E-state index in [9.17, 15) is 14.4 Å². The number of methoxy groups -OCH3 is 1. The largest absolute Gasteiger partial charge is 0.497 e. The second-order valence-electron chi connectivity index (χ2n) is 8.78. The molecule has 2 heterocycles. The van der Waals surface area contributed by atoms with E-state index in [0.29, 0.717) is 18.0 Å². The van der Waals surface area contributed by atoms with E-state index in [4.69, 9.17) is 4.74 Å². The molecule has 0 aliphatic carbocycles. The highest BCUT2D eigenvalue weighted by Gasteiger charge is 2.15.